The molecule has 0 aliphatic rings. The monoisotopic (exact) mass is 431 g/mol. The molecule has 0 saturated heterocycles. The molecule has 0 bridgehead atoms. The topological polar surface area (TPSA) is 100 Å². The van der Waals surface area contributed by atoms with Gasteiger partial charge in [-0.2, -0.15) is 10.1 Å². The van der Waals surface area contributed by atoms with Crippen molar-refractivity contribution in [3.05, 3.63) is 78.4 Å². The maximum atomic E-state index is 12.6. The number of benzene rings is 2. The highest BCUT2D eigenvalue weighted by atomic mass is 16.5. The van der Waals surface area contributed by atoms with Crippen molar-refractivity contribution < 1.29 is 19.0 Å². The molecule has 2 aromatic carbocycles. The van der Waals surface area contributed by atoms with Crippen molar-refractivity contribution in [2.45, 2.75) is 6.92 Å². The molecule has 2 heterocycles. The molecule has 9 heteroatoms. The fraction of sp³-hybridized carbons (Fsp3) is 0.130. The summed E-state index contributed by atoms with van der Waals surface area (Å²) in [6.07, 6.45) is 3.47. The van der Waals surface area contributed by atoms with Gasteiger partial charge in [-0.15, -0.1) is 0 Å². The first-order chi connectivity index (χ1) is 15.5. The molecular weight excluding hydrogens is 410 g/mol. The zero-order valence-electron chi connectivity index (χ0n) is 17.8. The second-order valence-corrected chi connectivity index (χ2v) is 6.74. The minimum absolute atomic E-state index is 0.286. The van der Waals surface area contributed by atoms with E-state index in [-0.39, 0.29) is 5.91 Å². The van der Waals surface area contributed by atoms with Gasteiger partial charge in [-0.05, 0) is 49.4 Å². The Hall–Kier alpha value is -4.40. The summed E-state index contributed by atoms with van der Waals surface area (Å²) >= 11 is 0. The minimum Gasteiger partial charge on any atom is -0.497 e. The van der Waals surface area contributed by atoms with E-state index in [2.05, 4.69) is 20.4 Å². The molecule has 0 fully saturated rings. The highest BCUT2D eigenvalue weighted by Crippen LogP contribution is 2.25. The van der Waals surface area contributed by atoms with Crippen LogP contribution in [0.4, 0.5) is 5.69 Å². The Balaban J connectivity index is 1.47. The number of hydrogen-bond donors (Lipinski definition) is 1. The van der Waals surface area contributed by atoms with Crippen LogP contribution in [0, 0.1) is 6.92 Å². The third-order valence-corrected chi connectivity index (χ3v) is 4.49. The summed E-state index contributed by atoms with van der Waals surface area (Å²) in [6.45, 7) is 1.78. The molecule has 0 aliphatic carbocycles. The molecule has 0 atom stereocenters. The van der Waals surface area contributed by atoms with E-state index >= 15 is 0 Å². The van der Waals surface area contributed by atoms with Gasteiger partial charge in [0.25, 0.3) is 5.91 Å². The Morgan fingerprint density at radius 1 is 0.938 bits per heavy atom. The number of carbonyl (C=O) groups is 1. The maximum Gasteiger partial charge on any atom is 0.255 e. The predicted octanol–water partition coefficient (Wildman–Crippen LogP) is 4.03. The maximum absolute atomic E-state index is 12.6. The number of amides is 1. The average Bonchev–Trinajstić information content (AvgIpc) is 3.35. The van der Waals surface area contributed by atoms with Gasteiger partial charge in [-0.1, -0.05) is 0 Å². The number of aromatic nitrogens is 4. The molecule has 1 amide bonds. The molecule has 9 nitrogen and oxygen atoms in total. The van der Waals surface area contributed by atoms with Crippen LogP contribution in [0.2, 0.25) is 0 Å². The largest absolute Gasteiger partial charge is 0.497 e. The summed E-state index contributed by atoms with van der Waals surface area (Å²) < 4.78 is 17.9. The molecule has 0 spiro atoms. The van der Waals surface area contributed by atoms with E-state index in [1.165, 1.54) is 14.2 Å². The van der Waals surface area contributed by atoms with Crippen molar-refractivity contribution in [3.8, 4) is 28.9 Å². The van der Waals surface area contributed by atoms with Crippen LogP contribution in [-0.2, 0) is 0 Å². The number of rotatable bonds is 7. The van der Waals surface area contributed by atoms with Crippen LogP contribution in [0.3, 0.4) is 0 Å². The molecule has 4 aromatic rings. The molecule has 162 valence electrons. The van der Waals surface area contributed by atoms with Crippen LogP contribution in [0.1, 0.15) is 16.2 Å². The fourth-order valence-corrected chi connectivity index (χ4v) is 2.97. The molecular formula is C23H21N5O4. The van der Waals surface area contributed by atoms with E-state index in [0.29, 0.717) is 46.0 Å². The van der Waals surface area contributed by atoms with Crippen molar-refractivity contribution >= 4 is 11.6 Å². The molecule has 32 heavy (non-hydrogen) atoms. The zero-order chi connectivity index (χ0) is 22.5. The molecule has 2 aromatic heterocycles. The van der Waals surface area contributed by atoms with Gasteiger partial charge in [0.2, 0.25) is 5.88 Å². The summed E-state index contributed by atoms with van der Waals surface area (Å²) in [4.78, 5) is 21.3. The van der Waals surface area contributed by atoms with Gasteiger partial charge in [0.05, 0.1) is 14.2 Å². The normalized spacial score (nSPS) is 10.5. The number of nitrogens with one attached hydrogen (secondary N) is 1. The molecule has 4 rings (SSSR count). The van der Waals surface area contributed by atoms with E-state index in [0.717, 1.165) is 0 Å². The first-order valence-electron chi connectivity index (χ1n) is 9.72. The number of ether oxygens (including phenoxy) is 3. The van der Waals surface area contributed by atoms with Gasteiger partial charge in [0.15, 0.2) is 5.82 Å². The standard InChI is InChI=1S/C23H21N5O4/c1-15-25-21(28-10-4-9-24-28)14-22(26-15)32-18-7-5-17(6-8-18)27-23(29)16-11-19(30-2)13-20(12-16)31-3/h4-14H,1-3H3,(H,27,29). The van der Waals surface area contributed by atoms with Gasteiger partial charge >= 0.3 is 0 Å². The highest BCUT2D eigenvalue weighted by Gasteiger charge is 2.11. The lowest BCUT2D eigenvalue weighted by Crippen LogP contribution is -2.12. The van der Waals surface area contributed by atoms with Gasteiger partial charge < -0.3 is 19.5 Å². The van der Waals surface area contributed by atoms with Crippen LogP contribution in [-0.4, -0.2) is 39.9 Å². The van der Waals surface area contributed by atoms with Crippen LogP contribution in [0.25, 0.3) is 5.82 Å². The molecule has 0 unspecified atom stereocenters. The Labute approximate surface area is 184 Å². The third-order valence-electron chi connectivity index (χ3n) is 4.49. The molecule has 0 aliphatic heterocycles. The van der Waals surface area contributed by atoms with Crippen LogP contribution in [0.5, 0.6) is 23.1 Å². The summed E-state index contributed by atoms with van der Waals surface area (Å²) in [5, 5.41) is 7.02. The second-order valence-electron chi connectivity index (χ2n) is 6.74. The van der Waals surface area contributed by atoms with E-state index in [1.54, 1.807) is 72.5 Å². The lowest BCUT2D eigenvalue weighted by molar-refractivity contribution is 0.102. The van der Waals surface area contributed by atoms with Crippen LogP contribution in [0.15, 0.2) is 67.0 Å². The summed E-state index contributed by atoms with van der Waals surface area (Å²) in [5.74, 6) is 2.91. The van der Waals surface area contributed by atoms with Gasteiger partial charge in [0, 0.05) is 35.8 Å². The summed E-state index contributed by atoms with van der Waals surface area (Å²) in [5.41, 5.74) is 1.03. The Bertz CT molecular complexity index is 1200. The fourth-order valence-electron chi connectivity index (χ4n) is 2.97. The van der Waals surface area contributed by atoms with E-state index < -0.39 is 0 Å². The van der Waals surface area contributed by atoms with Crippen molar-refractivity contribution in [1.29, 1.82) is 0 Å². The Kier molecular flexibility index (Phi) is 5.98. The van der Waals surface area contributed by atoms with Crippen molar-refractivity contribution in [2.24, 2.45) is 0 Å². The lowest BCUT2D eigenvalue weighted by atomic mass is 10.1. The number of aryl methyl sites for hydroxylation is 1. The van der Waals surface area contributed by atoms with Crippen LogP contribution < -0.4 is 19.5 Å². The van der Waals surface area contributed by atoms with E-state index in [4.69, 9.17) is 14.2 Å². The number of hydrogen-bond acceptors (Lipinski definition) is 7. The van der Waals surface area contributed by atoms with Crippen molar-refractivity contribution in [3.63, 3.8) is 0 Å². The molecule has 0 radical (unpaired) electrons. The number of nitrogens with zero attached hydrogens (tertiary/aromatic N) is 4. The van der Waals surface area contributed by atoms with Gasteiger partial charge in [-0.3, -0.25) is 4.79 Å². The first-order valence-corrected chi connectivity index (χ1v) is 9.72. The minimum atomic E-state index is -0.286. The van der Waals surface area contributed by atoms with Crippen molar-refractivity contribution in [2.75, 3.05) is 19.5 Å². The quantitative estimate of drug-likeness (QED) is 0.471. The number of carbonyl (C=O) groups excluding carboxylic acids is 1. The predicted molar refractivity (Wildman–Crippen MR) is 118 cm³/mol. The SMILES string of the molecule is COc1cc(OC)cc(C(=O)Nc2ccc(Oc3cc(-n4cccn4)nc(C)n3)cc2)c1. The number of methoxy groups -OCH3 is 2. The first kappa shape index (κ1) is 20.9. The van der Waals surface area contributed by atoms with Crippen LogP contribution >= 0.6 is 0 Å². The highest BCUT2D eigenvalue weighted by molar-refractivity contribution is 6.04. The van der Waals surface area contributed by atoms with Crippen molar-refractivity contribution in [1.82, 2.24) is 19.7 Å². The number of anilines is 1. The molecule has 1 N–H and O–H groups in total. The summed E-state index contributed by atoms with van der Waals surface area (Å²) in [6, 6.07) is 15.5. The third kappa shape index (κ3) is 4.84. The molecule has 0 saturated carbocycles. The summed E-state index contributed by atoms with van der Waals surface area (Å²) in [7, 11) is 3.07. The van der Waals surface area contributed by atoms with Gasteiger partial charge in [-0.25, -0.2) is 9.67 Å². The lowest BCUT2D eigenvalue weighted by Gasteiger charge is -2.10. The average molecular weight is 431 g/mol. The smallest absolute Gasteiger partial charge is 0.255 e. The zero-order valence-corrected chi connectivity index (χ0v) is 17.8. The van der Waals surface area contributed by atoms with E-state index in [1.807, 2.05) is 6.07 Å². The second kappa shape index (κ2) is 9.17. The van der Waals surface area contributed by atoms with E-state index in [9.17, 15) is 4.79 Å². The Morgan fingerprint density at radius 2 is 1.66 bits per heavy atom. The van der Waals surface area contributed by atoms with Gasteiger partial charge in [0.1, 0.15) is 23.1 Å². The Morgan fingerprint density at radius 3 is 2.28 bits per heavy atom.